The predicted octanol–water partition coefficient (Wildman–Crippen LogP) is 3.34. The average Bonchev–Trinajstić information content (AvgIpc) is 3.04. The van der Waals surface area contributed by atoms with Gasteiger partial charge in [-0.2, -0.15) is 4.98 Å². The first-order valence-corrected chi connectivity index (χ1v) is 7.39. The molecule has 0 bridgehead atoms. The van der Waals surface area contributed by atoms with Gasteiger partial charge in [-0.15, -0.1) is 11.3 Å². The van der Waals surface area contributed by atoms with Crippen molar-refractivity contribution in [2.45, 2.75) is 19.4 Å². The third kappa shape index (κ3) is 1.94. The Hall–Kier alpha value is -1.73. The molecule has 0 unspecified atom stereocenters. The zero-order valence-corrected chi connectivity index (χ0v) is 13.0. The van der Waals surface area contributed by atoms with Crippen LogP contribution in [0.2, 0.25) is 0 Å². The van der Waals surface area contributed by atoms with Crippen LogP contribution in [0.4, 0.5) is 0 Å². The zero-order chi connectivity index (χ0) is 14.3. The van der Waals surface area contributed by atoms with E-state index < -0.39 is 0 Å². The Morgan fingerprint density at radius 3 is 2.85 bits per heavy atom. The Bertz CT molecular complexity index is 802. The fraction of sp³-hybridized carbons (Fsp3) is 0.308. The summed E-state index contributed by atoms with van der Waals surface area (Å²) in [5, 5.41) is 2.95. The molecule has 3 aromatic rings. The molecule has 3 heterocycles. The van der Waals surface area contributed by atoms with E-state index in [4.69, 9.17) is 17.0 Å². The second kappa shape index (κ2) is 4.68. The van der Waals surface area contributed by atoms with Crippen LogP contribution < -0.4 is 4.74 Å². The lowest BCUT2D eigenvalue weighted by molar-refractivity contribution is 0.395. The fourth-order valence-electron chi connectivity index (χ4n) is 2.22. The van der Waals surface area contributed by atoms with Gasteiger partial charge in [0.2, 0.25) is 5.88 Å². The summed E-state index contributed by atoms with van der Waals surface area (Å²) in [6, 6.07) is 3.74. The molecule has 0 aliphatic rings. The molecule has 0 aliphatic heterocycles. The van der Waals surface area contributed by atoms with Gasteiger partial charge in [-0.1, -0.05) is 0 Å². The SMILES string of the molecule is COc1ccc2[nH]c(=S)n(C(C)(C)c3nccs3)c2n1. The van der Waals surface area contributed by atoms with Crippen molar-refractivity contribution in [2.24, 2.45) is 0 Å². The number of hydrogen-bond donors (Lipinski definition) is 1. The molecule has 104 valence electrons. The van der Waals surface area contributed by atoms with Gasteiger partial charge in [0.1, 0.15) is 5.01 Å². The molecule has 0 amide bonds. The third-order valence-corrected chi connectivity index (χ3v) is 4.60. The smallest absolute Gasteiger partial charge is 0.215 e. The highest BCUT2D eigenvalue weighted by Crippen LogP contribution is 2.31. The minimum Gasteiger partial charge on any atom is -0.481 e. The molecular weight excluding hydrogens is 292 g/mol. The normalized spacial score (nSPS) is 11.9. The molecule has 3 rings (SSSR count). The molecule has 0 spiro atoms. The molecule has 3 aromatic heterocycles. The van der Waals surface area contributed by atoms with E-state index in [1.165, 1.54) is 0 Å². The summed E-state index contributed by atoms with van der Waals surface area (Å²) in [5.74, 6) is 0.565. The molecule has 1 N–H and O–H groups in total. The first kappa shape index (κ1) is 13.3. The van der Waals surface area contributed by atoms with Crippen LogP contribution in [0.1, 0.15) is 18.9 Å². The van der Waals surface area contributed by atoms with Crippen molar-refractivity contribution >= 4 is 34.7 Å². The van der Waals surface area contributed by atoms with Crippen molar-refractivity contribution < 1.29 is 4.74 Å². The van der Waals surface area contributed by atoms with Crippen molar-refractivity contribution in [3.63, 3.8) is 0 Å². The van der Waals surface area contributed by atoms with Crippen LogP contribution in [0.15, 0.2) is 23.7 Å². The first-order chi connectivity index (χ1) is 9.54. The maximum Gasteiger partial charge on any atom is 0.215 e. The van der Waals surface area contributed by atoms with Crippen LogP contribution in [0, 0.1) is 4.77 Å². The molecule has 0 saturated carbocycles. The Morgan fingerprint density at radius 1 is 1.40 bits per heavy atom. The molecule has 0 atom stereocenters. The quantitative estimate of drug-likeness (QED) is 0.754. The van der Waals surface area contributed by atoms with E-state index in [1.807, 2.05) is 22.1 Å². The topological polar surface area (TPSA) is 55.7 Å². The number of thiazole rings is 1. The summed E-state index contributed by atoms with van der Waals surface area (Å²) in [4.78, 5) is 12.1. The maximum absolute atomic E-state index is 5.46. The second-order valence-electron chi connectivity index (χ2n) is 4.89. The van der Waals surface area contributed by atoms with Crippen molar-refractivity contribution in [1.82, 2.24) is 19.5 Å². The van der Waals surface area contributed by atoms with Crippen LogP contribution in [0.25, 0.3) is 11.2 Å². The summed E-state index contributed by atoms with van der Waals surface area (Å²) in [7, 11) is 1.60. The number of pyridine rings is 1. The van der Waals surface area contributed by atoms with Gasteiger partial charge in [0.05, 0.1) is 18.2 Å². The molecule has 0 radical (unpaired) electrons. The maximum atomic E-state index is 5.46. The molecule has 0 fully saturated rings. The second-order valence-corrected chi connectivity index (χ2v) is 6.17. The third-order valence-electron chi connectivity index (χ3n) is 3.23. The van der Waals surface area contributed by atoms with Crippen molar-refractivity contribution in [2.75, 3.05) is 7.11 Å². The Labute approximate surface area is 125 Å². The van der Waals surface area contributed by atoms with Crippen molar-refractivity contribution in [3.05, 3.63) is 33.5 Å². The van der Waals surface area contributed by atoms with Crippen molar-refractivity contribution in [3.8, 4) is 5.88 Å². The molecule has 5 nitrogen and oxygen atoms in total. The number of imidazole rings is 1. The van der Waals surface area contributed by atoms with E-state index in [9.17, 15) is 0 Å². The van der Waals surface area contributed by atoms with E-state index in [0.29, 0.717) is 10.7 Å². The van der Waals surface area contributed by atoms with Gasteiger partial charge in [-0.05, 0) is 32.1 Å². The van der Waals surface area contributed by atoms with Crippen LogP contribution in [-0.2, 0) is 5.54 Å². The highest BCUT2D eigenvalue weighted by Gasteiger charge is 2.29. The minimum atomic E-state index is -0.372. The number of nitrogens with zero attached hydrogens (tertiary/aromatic N) is 3. The number of aromatic nitrogens is 4. The summed E-state index contributed by atoms with van der Waals surface area (Å²) in [6.45, 7) is 4.16. The van der Waals surface area contributed by atoms with Crippen LogP contribution >= 0.6 is 23.6 Å². The molecule has 0 aliphatic carbocycles. The van der Waals surface area contributed by atoms with Crippen LogP contribution in [0.3, 0.4) is 0 Å². The van der Waals surface area contributed by atoms with Gasteiger partial charge >= 0.3 is 0 Å². The summed E-state index contributed by atoms with van der Waals surface area (Å²) in [6.07, 6.45) is 1.80. The van der Waals surface area contributed by atoms with Gasteiger partial charge in [0.25, 0.3) is 0 Å². The van der Waals surface area contributed by atoms with E-state index in [-0.39, 0.29) is 5.54 Å². The van der Waals surface area contributed by atoms with E-state index in [2.05, 4.69) is 28.8 Å². The van der Waals surface area contributed by atoms with Gasteiger partial charge in [-0.3, -0.25) is 4.57 Å². The summed E-state index contributed by atoms with van der Waals surface area (Å²) in [5.41, 5.74) is 1.29. The number of methoxy groups -OCH3 is 1. The summed E-state index contributed by atoms with van der Waals surface area (Å²) >= 11 is 7.06. The standard InChI is InChI=1S/C13H14N4OS2/c1-13(2,11-14-6-7-20-11)17-10-8(15-12(17)19)4-5-9(16-10)18-3/h4-7H,1-3H3,(H,15,19). The zero-order valence-electron chi connectivity index (χ0n) is 11.4. The number of fused-ring (bicyclic) bond motifs is 1. The number of ether oxygens (including phenoxy) is 1. The van der Waals surface area contributed by atoms with Gasteiger partial charge in [-0.25, -0.2) is 4.98 Å². The number of aromatic amines is 1. The fourth-order valence-corrected chi connectivity index (χ4v) is 3.40. The Kier molecular flexibility index (Phi) is 3.10. The highest BCUT2D eigenvalue weighted by molar-refractivity contribution is 7.71. The van der Waals surface area contributed by atoms with E-state index in [0.717, 1.165) is 16.2 Å². The molecule has 20 heavy (non-hydrogen) atoms. The van der Waals surface area contributed by atoms with Gasteiger partial charge < -0.3 is 9.72 Å². The van der Waals surface area contributed by atoms with Crippen LogP contribution in [0.5, 0.6) is 5.88 Å². The number of rotatable bonds is 3. The van der Waals surface area contributed by atoms with Gasteiger partial charge in [0, 0.05) is 17.6 Å². The Morgan fingerprint density at radius 2 is 2.20 bits per heavy atom. The lowest BCUT2D eigenvalue weighted by Crippen LogP contribution is -2.28. The number of H-pyrrole nitrogens is 1. The Balaban J connectivity index is 2.30. The van der Waals surface area contributed by atoms with Gasteiger partial charge in [0.15, 0.2) is 10.4 Å². The number of hydrogen-bond acceptors (Lipinski definition) is 5. The van der Waals surface area contributed by atoms with Crippen LogP contribution in [-0.4, -0.2) is 26.6 Å². The summed E-state index contributed by atoms with van der Waals surface area (Å²) < 4.78 is 7.82. The number of nitrogens with one attached hydrogen (secondary N) is 1. The van der Waals surface area contributed by atoms with E-state index in [1.54, 1.807) is 24.6 Å². The molecule has 7 heteroatoms. The monoisotopic (exact) mass is 306 g/mol. The average molecular weight is 306 g/mol. The highest BCUT2D eigenvalue weighted by atomic mass is 32.1. The molecular formula is C13H14N4OS2. The molecule has 0 saturated heterocycles. The predicted molar refractivity (Wildman–Crippen MR) is 82.0 cm³/mol. The molecule has 0 aromatic carbocycles. The minimum absolute atomic E-state index is 0.372. The lowest BCUT2D eigenvalue weighted by Gasteiger charge is -2.24. The largest absolute Gasteiger partial charge is 0.481 e. The van der Waals surface area contributed by atoms with E-state index >= 15 is 0 Å². The van der Waals surface area contributed by atoms with Crippen molar-refractivity contribution in [1.29, 1.82) is 0 Å². The lowest BCUT2D eigenvalue weighted by atomic mass is 10.1. The first-order valence-electron chi connectivity index (χ1n) is 6.10.